The zero-order valence-corrected chi connectivity index (χ0v) is 13.2. The van der Waals surface area contributed by atoms with E-state index in [4.69, 9.17) is 20.9 Å². The van der Waals surface area contributed by atoms with Crippen LogP contribution in [0, 0.1) is 17.2 Å². The summed E-state index contributed by atoms with van der Waals surface area (Å²) in [6.45, 7) is 0.463. The van der Waals surface area contributed by atoms with E-state index in [1.165, 1.54) is 6.07 Å². The molecule has 0 aromatic heterocycles. The molecule has 1 atom stereocenters. The van der Waals surface area contributed by atoms with Gasteiger partial charge in [-0.3, -0.25) is 0 Å². The van der Waals surface area contributed by atoms with Gasteiger partial charge in [-0.2, -0.15) is 31.6 Å². The summed E-state index contributed by atoms with van der Waals surface area (Å²) in [5, 5.41) is 19.0. The molecule has 1 fully saturated rings. The number of aliphatic carboxylic acids is 1. The molecule has 144 valence electrons. The van der Waals surface area contributed by atoms with E-state index in [9.17, 15) is 26.3 Å². The minimum Gasteiger partial charge on any atom is -0.475 e. The normalized spacial score (nSPS) is 15.3. The fraction of sp³-hybridized carbons (Fsp3) is 0.467. The van der Waals surface area contributed by atoms with Gasteiger partial charge >= 0.3 is 18.3 Å². The fourth-order valence-corrected chi connectivity index (χ4v) is 1.89. The second-order valence-electron chi connectivity index (χ2n) is 5.56. The van der Waals surface area contributed by atoms with Gasteiger partial charge in [0.25, 0.3) is 0 Å². The van der Waals surface area contributed by atoms with E-state index in [-0.39, 0.29) is 11.6 Å². The first-order valence-electron chi connectivity index (χ1n) is 7.27. The number of nitrogens with one attached hydrogen (secondary N) is 1. The van der Waals surface area contributed by atoms with Crippen LogP contribution in [0.4, 0.5) is 32.0 Å². The van der Waals surface area contributed by atoms with Crippen molar-refractivity contribution in [3.63, 3.8) is 0 Å². The molecule has 4 N–H and O–H groups in total. The van der Waals surface area contributed by atoms with Crippen molar-refractivity contribution in [3.8, 4) is 6.07 Å². The molecule has 1 aliphatic carbocycles. The van der Waals surface area contributed by atoms with Gasteiger partial charge in [-0.25, -0.2) is 4.79 Å². The Morgan fingerprint density at radius 3 is 2.23 bits per heavy atom. The highest BCUT2D eigenvalue weighted by atomic mass is 19.4. The van der Waals surface area contributed by atoms with Gasteiger partial charge in [0.05, 0.1) is 16.8 Å². The summed E-state index contributed by atoms with van der Waals surface area (Å²) in [5.41, 5.74) is 5.45. The van der Waals surface area contributed by atoms with Crippen molar-refractivity contribution in [2.24, 2.45) is 11.7 Å². The first-order valence-corrected chi connectivity index (χ1v) is 7.27. The molecule has 11 heteroatoms. The largest absolute Gasteiger partial charge is 0.490 e. The molecule has 1 saturated carbocycles. The van der Waals surface area contributed by atoms with Crippen LogP contribution in [-0.2, 0) is 11.0 Å². The molecule has 0 bridgehead atoms. The first-order chi connectivity index (χ1) is 11.9. The Morgan fingerprint density at radius 2 is 1.85 bits per heavy atom. The van der Waals surface area contributed by atoms with Crippen molar-refractivity contribution >= 4 is 11.7 Å². The summed E-state index contributed by atoms with van der Waals surface area (Å²) in [4.78, 5) is 8.90. The number of nitrogens with two attached hydrogens (primary N) is 1. The second-order valence-corrected chi connectivity index (χ2v) is 5.56. The van der Waals surface area contributed by atoms with E-state index in [2.05, 4.69) is 5.32 Å². The molecule has 1 unspecified atom stereocenters. The number of anilines is 1. The van der Waals surface area contributed by atoms with Crippen molar-refractivity contribution in [1.82, 2.24) is 0 Å². The number of nitrogens with zero attached hydrogens (tertiary/aromatic N) is 1. The standard InChI is InChI=1S/C13H14F3N3.C2HF3O2/c14-13(15,16)10-3-4-12(9(5-10)6-17)19-7-11(18)8-1-2-8;3-2(4,5)1(6)7/h3-5,8,11,19H,1-2,7,18H2;(H,6,7). The molecular weight excluding hydrogens is 368 g/mol. The van der Waals surface area contributed by atoms with Crippen LogP contribution >= 0.6 is 0 Å². The lowest BCUT2D eigenvalue weighted by Gasteiger charge is -2.15. The summed E-state index contributed by atoms with van der Waals surface area (Å²) in [6.07, 6.45) is -7.32. The number of benzene rings is 1. The van der Waals surface area contributed by atoms with Crippen molar-refractivity contribution < 1.29 is 36.2 Å². The topological polar surface area (TPSA) is 99.1 Å². The van der Waals surface area contributed by atoms with Crippen LogP contribution in [0.1, 0.15) is 24.0 Å². The molecule has 26 heavy (non-hydrogen) atoms. The van der Waals surface area contributed by atoms with E-state index >= 15 is 0 Å². The number of nitriles is 1. The van der Waals surface area contributed by atoms with Crippen LogP contribution in [0.5, 0.6) is 0 Å². The van der Waals surface area contributed by atoms with Gasteiger partial charge in [0.2, 0.25) is 0 Å². The van der Waals surface area contributed by atoms with Crippen LogP contribution in [0.25, 0.3) is 0 Å². The number of halogens is 6. The third-order valence-corrected chi connectivity index (χ3v) is 3.47. The Balaban J connectivity index is 0.000000412. The van der Waals surface area contributed by atoms with E-state index < -0.39 is 23.9 Å². The van der Waals surface area contributed by atoms with Crippen LogP contribution < -0.4 is 11.1 Å². The molecule has 5 nitrogen and oxygen atoms in total. The summed E-state index contributed by atoms with van der Waals surface area (Å²) >= 11 is 0. The summed E-state index contributed by atoms with van der Waals surface area (Å²) < 4.78 is 69.3. The van der Waals surface area contributed by atoms with Gasteiger partial charge in [-0.15, -0.1) is 0 Å². The molecule has 0 amide bonds. The van der Waals surface area contributed by atoms with Gasteiger partial charge in [0, 0.05) is 12.6 Å². The molecule has 1 aromatic carbocycles. The lowest BCUT2D eigenvalue weighted by Crippen LogP contribution is -2.31. The Morgan fingerprint density at radius 1 is 1.31 bits per heavy atom. The molecule has 2 rings (SSSR count). The van der Waals surface area contributed by atoms with Gasteiger partial charge in [0.15, 0.2) is 0 Å². The molecule has 1 aromatic rings. The highest BCUT2D eigenvalue weighted by molar-refractivity contribution is 5.73. The van der Waals surface area contributed by atoms with E-state index in [0.717, 1.165) is 25.0 Å². The molecule has 0 aliphatic heterocycles. The van der Waals surface area contributed by atoms with Crippen LogP contribution in [-0.4, -0.2) is 29.8 Å². The molecular formula is C15H15F6N3O2. The summed E-state index contributed by atoms with van der Waals surface area (Å²) in [5.74, 6) is -2.26. The highest BCUT2D eigenvalue weighted by Gasteiger charge is 2.38. The Kier molecular flexibility index (Phi) is 6.86. The number of carboxylic acids is 1. The SMILES string of the molecule is N#Cc1cc(C(F)(F)F)ccc1NCC(N)C1CC1.O=C(O)C(F)(F)F. The predicted molar refractivity (Wildman–Crippen MR) is 79.0 cm³/mol. The molecule has 0 spiro atoms. The lowest BCUT2D eigenvalue weighted by molar-refractivity contribution is -0.192. The third-order valence-electron chi connectivity index (χ3n) is 3.47. The van der Waals surface area contributed by atoms with E-state index in [1.807, 2.05) is 0 Å². The van der Waals surface area contributed by atoms with Gasteiger partial charge < -0.3 is 16.2 Å². The summed E-state index contributed by atoms with van der Waals surface area (Å²) in [6, 6.07) is 4.85. The average molecular weight is 383 g/mol. The number of alkyl halides is 6. The number of hydrogen-bond donors (Lipinski definition) is 3. The molecule has 0 radical (unpaired) electrons. The van der Waals surface area contributed by atoms with E-state index in [0.29, 0.717) is 18.2 Å². The fourth-order valence-electron chi connectivity index (χ4n) is 1.89. The average Bonchev–Trinajstić information content (AvgIpc) is 3.36. The Bertz CT molecular complexity index is 677. The number of carboxylic acid groups (broad SMARTS) is 1. The first kappa shape index (κ1) is 21.6. The van der Waals surface area contributed by atoms with Crippen molar-refractivity contribution in [2.45, 2.75) is 31.2 Å². The Hall–Kier alpha value is -2.48. The van der Waals surface area contributed by atoms with Crippen molar-refractivity contribution in [3.05, 3.63) is 29.3 Å². The summed E-state index contributed by atoms with van der Waals surface area (Å²) in [7, 11) is 0. The maximum absolute atomic E-state index is 12.5. The van der Waals surface area contributed by atoms with Gasteiger partial charge in [-0.05, 0) is 37.0 Å². The maximum atomic E-state index is 12.5. The number of rotatable bonds is 4. The monoisotopic (exact) mass is 383 g/mol. The van der Waals surface area contributed by atoms with Gasteiger partial charge in [-0.1, -0.05) is 0 Å². The zero-order chi connectivity index (χ0) is 20.1. The Labute approximate surface area is 144 Å². The molecule has 1 aliphatic rings. The lowest BCUT2D eigenvalue weighted by atomic mass is 10.1. The van der Waals surface area contributed by atoms with E-state index in [1.54, 1.807) is 6.07 Å². The van der Waals surface area contributed by atoms with Crippen molar-refractivity contribution in [2.75, 3.05) is 11.9 Å². The van der Waals surface area contributed by atoms with Crippen LogP contribution in [0.15, 0.2) is 18.2 Å². The second kappa shape index (κ2) is 8.27. The van der Waals surface area contributed by atoms with Crippen LogP contribution in [0.2, 0.25) is 0 Å². The third kappa shape index (κ3) is 6.79. The highest BCUT2D eigenvalue weighted by Crippen LogP contribution is 2.33. The predicted octanol–water partition coefficient (Wildman–Crippen LogP) is 3.36. The smallest absolute Gasteiger partial charge is 0.475 e. The van der Waals surface area contributed by atoms with Crippen molar-refractivity contribution in [1.29, 1.82) is 5.26 Å². The zero-order valence-electron chi connectivity index (χ0n) is 13.2. The number of carbonyl (C=O) groups is 1. The quantitative estimate of drug-likeness (QED) is 0.693. The van der Waals surface area contributed by atoms with Gasteiger partial charge in [0.1, 0.15) is 6.07 Å². The number of hydrogen-bond acceptors (Lipinski definition) is 4. The minimum absolute atomic E-state index is 0.0159. The minimum atomic E-state index is -5.08. The van der Waals surface area contributed by atoms with Crippen LogP contribution in [0.3, 0.4) is 0 Å². The molecule has 0 saturated heterocycles. The maximum Gasteiger partial charge on any atom is 0.490 e. The molecule has 0 heterocycles.